The Balaban J connectivity index is 1.21. The summed E-state index contributed by atoms with van der Waals surface area (Å²) >= 11 is 0. The van der Waals surface area contributed by atoms with E-state index in [0.717, 1.165) is 50.0 Å². The third kappa shape index (κ3) is 4.64. The highest BCUT2D eigenvalue weighted by Gasteiger charge is 2.39. The molecular weight excluding hydrogens is 422 g/mol. The number of rotatable bonds is 7. The van der Waals surface area contributed by atoms with Crippen LogP contribution in [0, 0.1) is 5.92 Å². The van der Waals surface area contributed by atoms with Crippen LogP contribution in [-0.2, 0) is 20.9 Å². The lowest BCUT2D eigenvalue weighted by atomic mass is 9.81. The number of amides is 3. The number of carbonyl (C=O) groups is 3. The number of ether oxygens (including phenoxy) is 2. The van der Waals surface area contributed by atoms with Crippen molar-refractivity contribution in [3.8, 4) is 5.75 Å². The summed E-state index contributed by atoms with van der Waals surface area (Å²) in [4.78, 5) is 38.2. The maximum absolute atomic E-state index is 12.9. The Morgan fingerprint density at radius 2 is 1.94 bits per heavy atom. The molecule has 8 nitrogen and oxygen atoms in total. The predicted molar refractivity (Wildman–Crippen MR) is 121 cm³/mol. The van der Waals surface area contributed by atoms with Gasteiger partial charge in [0, 0.05) is 31.7 Å². The van der Waals surface area contributed by atoms with E-state index in [0.29, 0.717) is 36.6 Å². The second-order valence-electron chi connectivity index (χ2n) is 9.87. The molecule has 1 aromatic rings. The van der Waals surface area contributed by atoms with Crippen LogP contribution in [0.1, 0.15) is 67.3 Å². The Labute approximate surface area is 194 Å². The summed E-state index contributed by atoms with van der Waals surface area (Å²) in [7, 11) is 1.79. The molecule has 5 rings (SSSR count). The van der Waals surface area contributed by atoms with E-state index in [9.17, 15) is 14.4 Å². The second kappa shape index (κ2) is 9.43. The van der Waals surface area contributed by atoms with Crippen LogP contribution in [0.15, 0.2) is 18.2 Å². The molecule has 0 aromatic heterocycles. The first-order valence-corrected chi connectivity index (χ1v) is 12.2. The highest BCUT2D eigenvalue weighted by molar-refractivity contribution is 6.05. The molecule has 8 heteroatoms. The number of carbonyl (C=O) groups excluding carboxylic acids is 3. The lowest BCUT2D eigenvalue weighted by Crippen LogP contribution is -2.52. The fourth-order valence-electron chi connectivity index (χ4n) is 5.62. The van der Waals surface area contributed by atoms with Crippen LogP contribution in [0.3, 0.4) is 0 Å². The third-order valence-corrected chi connectivity index (χ3v) is 7.68. The van der Waals surface area contributed by atoms with Gasteiger partial charge in [-0.25, -0.2) is 0 Å². The quantitative estimate of drug-likeness (QED) is 0.612. The topological polar surface area (TPSA) is 97.0 Å². The average molecular weight is 456 g/mol. The number of fused-ring (bicyclic) bond motifs is 1. The summed E-state index contributed by atoms with van der Waals surface area (Å²) in [6.45, 7) is 1.37. The fraction of sp³-hybridized carbons (Fsp3) is 0.640. The van der Waals surface area contributed by atoms with Gasteiger partial charge in [-0.2, -0.15) is 0 Å². The first-order valence-electron chi connectivity index (χ1n) is 12.2. The van der Waals surface area contributed by atoms with Gasteiger partial charge in [0.2, 0.25) is 11.8 Å². The molecule has 1 aromatic carbocycles. The van der Waals surface area contributed by atoms with Gasteiger partial charge in [0.1, 0.15) is 17.9 Å². The van der Waals surface area contributed by atoms with Gasteiger partial charge in [0.05, 0.1) is 6.10 Å². The van der Waals surface area contributed by atoms with Crippen molar-refractivity contribution in [2.24, 2.45) is 5.92 Å². The number of nitrogens with one attached hydrogen (secondary N) is 2. The minimum Gasteiger partial charge on any atom is -0.489 e. The van der Waals surface area contributed by atoms with Gasteiger partial charge in [-0.05, 0) is 74.8 Å². The van der Waals surface area contributed by atoms with Gasteiger partial charge < -0.3 is 19.7 Å². The molecule has 3 amide bonds. The van der Waals surface area contributed by atoms with E-state index in [2.05, 4.69) is 10.6 Å². The van der Waals surface area contributed by atoms with Gasteiger partial charge in [-0.15, -0.1) is 0 Å². The van der Waals surface area contributed by atoms with Crippen molar-refractivity contribution in [3.05, 3.63) is 29.3 Å². The largest absolute Gasteiger partial charge is 0.489 e. The minimum absolute atomic E-state index is 0.110. The van der Waals surface area contributed by atoms with Gasteiger partial charge >= 0.3 is 0 Å². The van der Waals surface area contributed by atoms with Crippen LogP contribution in [0.2, 0.25) is 0 Å². The van der Waals surface area contributed by atoms with Gasteiger partial charge in [0.15, 0.2) is 0 Å². The summed E-state index contributed by atoms with van der Waals surface area (Å²) in [6.07, 6.45) is 7.91. The fourth-order valence-corrected chi connectivity index (χ4v) is 5.62. The molecule has 2 heterocycles. The molecule has 0 spiro atoms. The number of imide groups is 1. The van der Waals surface area contributed by atoms with Crippen molar-refractivity contribution < 1.29 is 23.9 Å². The first kappa shape index (κ1) is 22.3. The smallest absolute Gasteiger partial charge is 0.255 e. The zero-order valence-corrected chi connectivity index (χ0v) is 19.2. The van der Waals surface area contributed by atoms with E-state index in [-0.39, 0.29) is 30.2 Å². The van der Waals surface area contributed by atoms with Crippen molar-refractivity contribution in [2.45, 2.75) is 82.2 Å². The highest BCUT2D eigenvalue weighted by atomic mass is 16.5. The van der Waals surface area contributed by atoms with E-state index in [4.69, 9.17) is 9.47 Å². The molecule has 3 fully saturated rings. The van der Waals surface area contributed by atoms with E-state index < -0.39 is 6.04 Å². The van der Waals surface area contributed by atoms with Crippen molar-refractivity contribution in [1.29, 1.82) is 0 Å². The van der Waals surface area contributed by atoms with Crippen molar-refractivity contribution in [3.63, 3.8) is 0 Å². The van der Waals surface area contributed by atoms with Gasteiger partial charge in [-0.1, -0.05) is 6.42 Å². The molecule has 2 saturated carbocycles. The van der Waals surface area contributed by atoms with Crippen LogP contribution >= 0.6 is 0 Å². The maximum Gasteiger partial charge on any atom is 0.255 e. The number of hydrogen-bond acceptors (Lipinski definition) is 6. The monoisotopic (exact) mass is 455 g/mol. The molecule has 3 atom stereocenters. The molecule has 0 bridgehead atoms. The Kier molecular flexibility index (Phi) is 6.38. The Morgan fingerprint density at radius 1 is 1.12 bits per heavy atom. The van der Waals surface area contributed by atoms with Crippen molar-refractivity contribution in [1.82, 2.24) is 15.5 Å². The number of methoxy groups -OCH3 is 1. The number of benzene rings is 1. The number of hydrogen-bond donors (Lipinski definition) is 2. The SMILES string of the molecule is CO[C@H]1C[C@H](CN[C@H]2CCCC[C@H]2Oc2ccc3c(c2)CN(C2CCC(=O)NC2=O)C3=O)C1. The van der Waals surface area contributed by atoms with Gasteiger partial charge in [-0.3, -0.25) is 19.7 Å². The molecule has 2 N–H and O–H groups in total. The first-order chi connectivity index (χ1) is 16.0. The van der Waals surface area contributed by atoms with Crippen LogP contribution < -0.4 is 15.4 Å². The molecule has 178 valence electrons. The lowest BCUT2D eigenvalue weighted by molar-refractivity contribution is -0.136. The minimum atomic E-state index is -0.594. The number of nitrogens with zero attached hydrogens (tertiary/aromatic N) is 1. The van der Waals surface area contributed by atoms with E-state index in [1.165, 1.54) is 6.42 Å². The molecule has 2 aliphatic carbocycles. The van der Waals surface area contributed by atoms with Crippen LogP contribution in [0.5, 0.6) is 5.75 Å². The lowest BCUT2D eigenvalue weighted by Gasteiger charge is -2.38. The van der Waals surface area contributed by atoms with Crippen LogP contribution in [0.4, 0.5) is 0 Å². The molecule has 1 saturated heterocycles. The molecule has 33 heavy (non-hydrogen) atoms. The van der Waals surface area contributed by atoms with E-state index in [1.807, 2.05) is 18.2 Å². The third-order valence-electron chi connectivity index (χ3n) is 7.68. The zero-order valence-electron chi connectivity index (χ0n) is 19.2. The molecule has 4 aliphatic rings. The van der Waals surface area contributed by atoms with Crippen LogP contribution in [0.25, 0.3) is 0 Å². The summed E-state index contributed by atoms with van der Waals surface area (Å²) in [5.74, 6) is 0.638. The van der Waals surface area contributed by atoms with E-state index in [1.54, 1.807) is 12.0 Å². The highest BCUT2D eigenvalue weighted by Crippen LogP contribution is 2.33. The Morgan fingerprint density at radius 3 is 2.73 bits per heavy atom. The summed E-state index contributed by atoms with van der Waals surface area (Å²) in [5.41, 5.74) is 1.49. The average Bonchev–Trinajstić information content (AvgIpc) is 3.09. The van der Waals surface area contributed by atoms with Crippen molar-refractivity contribution in [2.75, 3.05) is 13.7 Å². The summed E-state index contributed by atoms with van der Waals surface area (Å²) < 4.78 is 11.8. The summed E-state index contributed by atoms with van der Waals surface area (Å²) in [5, 5.41) is 6.09. The normalized spacial score (nSPS) is 31.7. The summed E-state index contributed by atoms with van der Waals surface area (Å²) in [6, 6.07) is 5.35. The standard InChI is InChI=1S/C25H33N3O5/c1-32-18-10-15(11-18)13-26-20-4-2-3-5-22(20)33-17-6-7-19-16(12-17)14-28(25(19)31)21-8-9-23(29)27-24(21)30/h6-7,12,15,18,20-22,26H,2-5,8-11,13-14H2,1H3,(H,27,29,30)/t15-,18-,20-,21?,22+/m0/s1. The van der Waals surface area contributed by atoms with Gasteiger partial charge in [0.25, 0.3) is 5.91 Å². The molecule has 0 radical (unpaired) electrons. The van der Waals surface area contributed by atoms with Crippen LogP contribution in [-0.4, -0.2) is 60.6 Å². The van der Waals surface area contributed by atoms with E-state index >= 15 is 0 Å². The second-order valence-corrected chi connectivity index (χ2v) is 9.87. The maximum atomic E-state index is 12.9. The molecule has 1 unspecified atom stereocenters. The zero-order chi connectivity index (χ0) is 22.9. The number of piperidine rings is 1. The Bertz CT molecular complexity index is 929. The van der Waals surface area contributed by atoms with Crippen molar-refractivity contribution >= 4 is 17.7 Å². The molecular formula is C25H33N3O5. The molecule has 2 aliphatic heterocycles. The Hall–Kier alpha value is -2.45. The predicted octanol–water partition coefficient (Wildman–Crippen LogP) is 2.15.